The molecule has 0 aliphatic carbocycles. The first kappa shape index (κ1) is 25.0. The molecule has 0 bridgehead atoms. The van der Waals surface area contributed by atoms with E-state index in [0.717, 1.165) is 0 Å². The molecule has 9 nitrogen and oxygen atoms in total. The first-order valence-electron chi connectivity index (χ1n) is 9.22. The molecule has 0 saturated heterocycles. The number of carbonyl (C=O) groups excluding carboxylic acids is 4. The van der Waals surface area contributed by atoms with Crippen LogP contribution in [0.4, 0.5) is 0 Å². The molecule has 156 valence electrons. The molecule has 0 aromatic heterocycles. The zero-order chi connectivity index (χ0) is 21.3. The predicted molar refractivity (Wildman–Crippen MR) is 101 cm³/mol. The number of hydrogen-bond acceptors (Lipinski definition) is 7. The van der Waals surface area contributed by atoms with E-state index in [2.05, 4.69) is 10.6 Å². The molecule has 6 N–H and O–H groups in total. The van der Waals surface area contributed by atoms with Crippen molar-refractivity contribution in [2.45, 2.75) is 78.6 Å². The van der Waals surface area contributed by atoms with Gasteiger partial charge in [0.15, 0.2) is 0 Å². The Bertz CT molecular complexity index is 490. The summed E-state index contributed by atoms with van der Waals surface area (Å²) in [6, 6.07) is -3.61. The molecule has 0 aromatic carbocycles. The number of ether oxygens (including phenoxy) is 1. The number of hydrogen-bond donors (Lipinski definition) is 4. The molecule has 0 heterocycles. The first-order valence-corrected chi connectivity index (χ1v) is 9.22. The van der Waals surface area contributed by atoms with Crippen LogP contribution in [0.1, 0.15) is 54.4 Å². The van der Waals surface area contributed by atoms with Crippen LogP contribution in [0.15, 0.2) is 0 Å². The zero-order valence-corrected chi connectivity index (χ0v) is 17.1. The molecule has 0 radical (unpaired) electrons. The third-order valence-corrected chi connectivity index (χ3v) is 3.75. The molecule has 0 aromatic rings. The minimum absolute atomic E-state index is 0.223. The molecule has 0 fully saturated rings. The van der Waals surface area contributed by atoms with Gasteiger partial charge in [-0.2, -0.15) is 0 Å². The topological polar surface area (TPSA) is 154 Å². The maximum Gasteiger partial charge on any atom is 0.336 e. The third kappa shape index (κ3) is 10.0. The second-order valence-corrected chi connectivity index (χ2v) is 7.67. The molecule has 0 aliphatic heterocycles. The Morgan fingerprint density at radius 1 is 0.704 bits per heavy atom. The van der Waals surface area contributed by atoms with Gasteiger partial charge < -0.3 is 26.8 Å². The van der Waals surface area contributed by atoms with Gasteiger partial charge in [0.1, 0.15) is 12.1 Å². The Labute approximate surface area is 160 Å². The van der Waals surface area contributed by atoms with E-state index in [4.69, 9.17) is 16.2 Å². The van der Waals surface area contributed by atoms with Crippen molar-refractivity contribution in [2.75, 3.05) is 0 Å². The van der Waals surface area contributed by atoms with Gasteiger partial charge in [-0.15, -0.1) is 0 Å². The van der Waals surface area contributed by atoms with Crippen LogP contribution in [-0.2, 0) is 23.9 Å². The van der Waals surface area contributed by atoms with Crippen LogP contribution in [0, 0.1) is 11.8 Å². The van der Waals surface area contributed by atoms with Crippen molar-refractivity contribution < 1.29 is 23.9 Å². The number of amides is 2. The maximum absolute atomic E-state index is 12.0. The van der Waals surface area contributed by atoms with Crippen LogP contribution in [0.5, 0.6) is 0 Å². The SMILES string of the molecule is CC(C)C[C@H](N)C(=O)N[C@@H](C)C(=O)OC(=O)[C@H](C)NC(=O)[C@@H](N)CC(C)C. The lowest BCUT2D eigenvalue weighted by molar-refractivity contribution is -0.163. The molecule has 9 heteroatoms. The highest BCUT2D eigenvalue weighted by Crippen LogP contribution is 2.04. The van der Waals surface area contributed by atoms with Crippen LogP contribution in [0.25, 0.3) is 0 Å². The highest BCUT2D eigenvalue weighted by Gasteiger charge is 2.27. The lowest BCUT2D eigenvalue weighted by atomic mass is 10.0. The van der Waals surface area contributed by atoms with Gasteiger partial charge in [-0.3, -0.25) is 9.59 Å². The summed E-state index contributed by atoms with van der Waals surface area (Å²) in [7, 11) is 0. The normalized spacial score (nSPS) is 15.6. The average Bonchev–Trinajstić information content (AvgIpc) is 2.52. The average molecular weight is 386 g/mol. The first-order chi connectivity index (χ1) is 12.3. The van der Waals surface area contributed by atoms with Crippen molar-refractivity contribution in [3.05, 3.63) is 0 Å². The van der Waals surface area contributed by atoms with Gasteiger partial charge in [0.2, 0.25) is 11.8 Å². The summed E-state index contributed by atoms with van der Waals surface area (Å²) < 4.78 is 4.71. The van der Waals surface area contributed by atoms with Crippen LogP contribution < -0.4 is 22.1 Å². The molecule has 0 saturated carbocycles. The van der Waals surface area contributed by atoms with Gasteiger partial charge in [-0.05, 0) is 38.5 Å². The summed E-state index contributed by atoms with van der Waals surface area (Å²) in [6.07, 6.45) is 0.929. The molecule has 2 amide bonds. The van der Waals surface area contributed by atoms with E-state index in [1.54, 1.807) is 0 Å². The minimum atomic E-state index is -1.05. The fourth-order valence-corrected chi connectivity index (χ4v) is 2.26. The lowest BCUT2D eigenvalue weighted by Gasteiger charge is -2.19. The summed E-state index contributed by atoms with van der Waals surface area (Å²) in [4.78, 5) is 47.8. The molecule has 0 aliphatic rings. The minimum Gasteiger partial charge on any atom is -0.390 e. The Balaban J connectivity index is 4.52. The predicted octanol–water partition coefficient (Wildman–Crippen LogP) is -0.188. The number of esters is 2. The van der Waals surface area contributed by atoms with Gasteiger partial charge in [0.25, 0.3) is 0 Å². The third-order valence-electron chi connectivity index (χ3n) is 3.75. The smallest absolute Gasteiger partial charge is 0.336 e. The second-order valence-electron chi connectivity index (χ2n) is 7.67. The molecule has 4 atom stereocenters. The number of nitrogens with one attached hydrogen (secondary N) is 2. The van der Waals surface area contributed by atoms with Gasteiger partial charge in [0.05, 0.1) is 12.1 Å². The van der Waals surface area contributed by atoms with Crippen molar-refractivity contribution in [1.82, 2.24) is 10.6 Å². The van der Waals surface area contributed by atoms with Crippen molar-refractivity contribution in [3.63, 3.8) is 0 Å². The van der Waals surface area contributed by atoms with Crippen molar-refractivity contribution >= 4 is 23.8 Å². The highest BCUT2D eigenvalue weighted by molar-refractivity contribution is 5.95. The number of carbonyl (C=O) groups is 4. The molecule has 0 unspecified atom stereocenters. The number of nitrogens with two attached hydrogens (primary N) is 2. The molecule has 0 spiro atoms. The van der Waals surface area contributed by atoms with Crippen molar-refractivity contribution in [2.24, 2.45) is 23.3 Å². The number of rotatable bonds is 10. The fourth-order valence-electron chi connectivity index (χ4n) is 2.26. The fraction of sp³-hybridized carbons (Fsp3) is 0.778. The maximum atomic E-state index is 12.0. The van der Waals surface area contributed by atoms with E-state index in [0.29, 0.717) is 12.8 Å². The van der Waals surface area contributed by atoms with Crippen LogP contribution in [-0.4, -0.2) is 47.9 Å². The van der Waals surface area contributed by atoms with Gasteiger partial charge in [-0.1, -0.05) is 27.7 Å². The lowest BCUT2D eigenvalue weighted by Crippen LogP contribution is -2.50. The van der Waals surface area contributed by atoms with E-state index in [9.17, 15) is 19.2 Å². The summed E-state index contributed by atoms with van der Waals surface area (Å²) >= 11 is 0. The zero-order valence-electron chi connectivity index (χ0n) is 17.1. The Kier molecular flexibility index (Phi) is 10.8. The summed E-state index contributed by atoms with van der Waals surface area (Å²) in [5.74, 6) is -2.42. The molecule has 0 rings (SSSR count). The van der Waals surface area contributed by atoms with E-state index >= 15 is 0 Å². The Morgan fingerprint density at radius 2 is 1.00 bits per heavy atom. The Morgan fingerprint density at radius 3 is 1.26 bits per heavy atom. The van der Waals surface area contributed by atoms with Gasteiger partial charge in [-0.25, -0.2) is 9.59 Å². The van der Waals surface area contributed by atoms with Crippen LogP contribution >= 0.6 is 0 Å². The van der Waals surface area contributed by atoms with E-state index in [-0.39, 0.29) is 11.8 Å². The summed E-state index contributed by atoms with van der Waals surface area (Å²) in [5.41, 5.74) is 11.5. The standard InChI is InChI=1S/C18H34N4O5/c1-9(2)7-13(19)15(23)21-11(5)17(25)27-18(26)12(6)22-16(24)14(20)8-10(3)4/h9-14H,7-8,19-20H2,1-6H3,(H,21,23)(H,22,24)/t11-,12-,13-,14-/m0/s1. The molecular weight excluding hydrogens is 352 g/mol. The second kappa shape index (κ2) is 11.7. The quantitative estimate of drug-likeness (QED) is 0.300. The Hall–Kier alpha value is -2.00. The van der Waals surface area contributed by atoms with E-state index < -0.39 is 47.9 Å². The molecular formula is C18H34N4O5. The highest BCUT2D eigenvalue weighted by atomic mass is 16.6. The summed E-state index contributed by atoms with van der Waals surface area (Å²) in [5, 5.41) is 4.82. The molecule has 27 heavy (non-hydrogen) atoms. The van der Waals surface area contributed by atoms with Gasteiger partial charge in [0, 0.05) is 0 Å². The van der Waals surface area contributed by atoms with E-state index in [1.165, 1.54) is 13.8 Å². The monoisotopic (exact) mass is 386 g/mol. The van der Waals surface area contributed by atoms with Crippen molar-refractivity contribution in [3.8, 4) is 0 Å². The van der Waals surface area contributed by atoms with Gasteiger partial charge >= 0.3 is 11.9 Å². The van der Waals surface area contributed by atoms with Crippen LogP contribution in [0.3, 0.4) is 0 Å². The summed E-state index contributed by atoms with van der Waals surface area (Å²) in [6.45, 7) is 10.5. The van der Waals surface area contributed by atoms with E-state index in [1.807, 2.05) is 27.7 Å². The van der Waals surface area contributed by atoms with Crippen LogP contribution in [0.2, 0.25) is 0 Å². The largest absolute Gasteiger partial charge is 0.390 e. The van der Waals surface area contributed by atoms with Crippen molar-refractivity contribution in [1.29, 1.82) is 0 Å².